The van der Waals surface area contributed by atoms with E-state index in [1.54, 1.807) is 0 Å². The van der Waals surface area contributed by atoms with Gasteiger partial charge in [0.05, 0.1) is 5.69 Å². The van der Waals surface area contributed by atoms with Gasteiger partial charge in [-0.3, -0.25) is 0 Å². The van der Waals surface area contributed by atoms with Crippen LogP contribution in [0.3, 0.4) is 0 Å². The van der Waals surface area contributed by atoms with Crippen molar-refractivity contribution in [2.24, 2.45) is 4.99 Å². The third-order valence-electron chi connectivity index (χ3n) is 4.28. The number of hydrogen-bond donors (Lipinski definition) is 0. The van der Waals surface area contributed by atoms with Gasteiger partial charge in [0.15, 0.2) is 0 Å². The molecule has 2 heteroatoms. The summed E-state index contributed by atoms with van der Waals surface area (Å²) in [5, 5.41) is 2.35. The van der Waals surface area contributed by atoms with Gasteiger partial charge in [-0.15, -0.1) is 0 Å². The van der Waals surface area contributed by atoms with E-state index in [1.807, 2.05) is 84.9 Å². The van der Waals surface area contributed by atoms with E-state index in [4.69, 9.17) is 9.73 Å². The number of para-hydroxylation sites is 1. The van der Waals surface area contributed by atoms with Crippen LogP contribution in [0.15, 0.2) is 108 Å². The lowest BCUT2D eigenvalue weighted by Gasteiger charge is -2.04. The number of fused-ring (bicyclic) bond motifs is 1. The molecule has 4 aromatic carbocycles. The summed E-state index contributed by atoms with van der Waals surface area (Å²) in [7, 11) is 0. The van der Waals surface area contributed by atoms with Crippen molar-refractivity contribution < 1.29 is 4.74 Å². The van der Waals surface area contributed by atoms with Gasteiger partial charge in [0.1, 0.15) is 18.1 Å². The highest BCUT2D eigenvalue weighted by Crippen LogP contribution is 2.20. The molecular formula is C26H19NO. The first-order valence-electron chi connectivity index (χ1n) is 9.18. The van der Waals surface area contributed by atoms with Crippen molar-refractivity contribution >= 4 is 22.2 Å². The summed E-state index contributed by atoms with van der Waals surface area (Å²) in [6, 6.07) is 34.1. The van der Waals surface area contributed by atoms with Gasteiger partial charge in [-0.05, 0) is 41.0 Å². The second kappa shape index (κ2) is 8.70. The molecular weight excluding hydrogens is 342 g/mol. The molecule has 0 unspecified atom stereocenters. The van der Waals surface area contributed by atoms with Crippen LogP contribution >= 0.6 is 0 Å². The van der Waals surface area contributed by atoms with Crippen molar-refractivity contribution in [1.29, 1.82) is 0 Å². The number of hydrogen-bond acceptors (Lipinski definition) is 2. The zero-order valence-electron chi connectivity index (χ0n) is 15.4. The first-order valence-corrected chi connectivity index (χ1v) is 9.18. The Balaban J connectivity index is 1.52. The highest BCUT2D eigenvalue weighted by Gasteiger charge is 2.00. The fraction of sp³-hybridized carbons (Fsp3) is 0.0385. The second-order valence-corrected chi connectivity index (χ2v) is 6.26. The van der Waals surface area contributed by atoms with Crippen LogP contribution in [-0.2, 0) is 0 Å². The van der Waals surface area contributed by atoms with Gasteiger partial charge in [-0.2, -0.15) is 0 Å². The molecule has 0 amide bonds. The Morgan fingerprint density at radius 2 is 1.39 bits per heavy atom. The normalized spacial score (nSPS) is 10.9. The summed E-state index contributed by atoms with van der Waals surface area (Å²) < 4.78 is 5.82. The highest BCUT2D eigenvalue weighted by atomic mass is 16.5. The largest absolute Gasteiger partial charge is 0.481 e. The van der Waals surface area contributed by atoms with Crippen molar-refractivity contribution in [1.82, 2.24) is 0 Å². The SMILES string of the molecule is C(#CC(=Nc1ccccc1)c1ccccc1)COc1ccc2ccccc2c1. The third-order valence-corrected chi connectivity index (χ3v) is 4.28. The Bertz CT molecular complexity index is 1150. The van der Waals surface area contributed by atoms with Gasteiger partial charge < -0.3 is 4.74 Å². The van der Waals surface area contributed by atoms with E-state index >= 15 is 0 Å². The van der Waals surface area contributed by atoms with Crippen LogP contribution in [0.5, 0.6) is 5.75 Å². The lowest BCUT2D eigenvalue weighted by atomic mass is 10.1. The average Bonchev–Trinajstić information content (AvgIpc) is 2.77. The minimum atomic E-state index is 0.305. The molecule has 0 aromatic heterocycles. The van der Waals surface area contributed by atoms with Crippen LogP contribution in [0.1, 0.15) is 5.56 Å². The molecule has 0 aliphatic heterocycles. The van der Waals surface area contributed by atoms with Crippen LogP contribution in [-0.4, -0.2) is 12.3 Å². The maximum absolute atomic E-state index is 5.82. The molecule has 0 N–H and O–H groups in total. The minimum absolute atomic E-state index is 0.305. The van der Waals surface area contributed by atoms with Gasteiger partial charge in [0.25, 0.3) is 0 Å². The number of aliphatic imine (C=N–C) groups is 1. The standard InChI is InChI=1S/C26H19NO/c1-3-11-22(12-4-1)26(27-24-14-5-2-6-15-24)16-9-19-28-25-18-17-21-10-7-8-13-23(21)20-25/h1-8,10-15,17-18,20H,19H2. The molecule has 0 atom stereocenters. The van der Waals surface area contributed by atoms with E-state index in [1.165, 1.54) is 5.39 Å². The summed E-state index contributed by atoms with van der Waals surface area (Å²) in [5.74, 6) is 7.08. The zero-order valence-corrected chi connectivity index (χ0v) is 15.4. The topological polar surface area (TPSA) is 21.6 Å². The molecule has 4 rings (SSSR count). The van der Waals surface area contributed by atoms with Crippen LogP contribution in [0.4, 0.5) is 5.69 Å². The molecule has 0 heterocycles. The summed E-state index contributed by atoms with van der Waals surface area (Å²) in [6.07, 6.45) is 0. The summed E-state index contributed by atoms with van der Waals surface area (Å²) in [5.41, 5.74) is 2.60. The van der Waals surface area contributed by atoms with E-state index in [0.29, 0.717) is 6.61 Å². The Morgan fingerprint density at radius 1 is 0.714 bits per heavy atom. The van der Waals surface area contributed by atoms with Gasteiger partial charge in [0, 0.05) is 5.56 Å². The van der Waals surface area contributed by atoms with Gasteiger partial charge in [-0.1, -0.05) is 84.8 Å². The lowest BCUT2D eigenvalue weighted by Crippen LogP contribution is -1.99. The Hall–Kier alpha value is -3.83. The molecule has 4 aromatic rings. The Morgan fingerprint density at radius 3 is 2.18 bits per heavy atom. The molecule has 2 nitrogen and oxygen atoms in total. The van der Waals surface area contributed by atoms with Crippen molar-refractivity contribution in [3.8, 4) is 17.6 Å². The molecule has 0 fully saturated rings. The maximum atomic E-state index is 5.82. The fourth-order valence-corrected chi connectivity index (χ4v) is 2.89. The van der Waals surface area contributed by atoms with E-state index in [2.05, 4.69) is 30.0 Å². The highest BCUT2D eigenvalue weighted by molar-refractivity contribution is 6.14. The van der Waals surface area contributed by atoms with Crippen LogP contribution in [0, 0.1) is 11.8 Å². The number of benzene rings is 4. The lowest BCUT2D eigenvalue weighted by molar-refractivity contribution is 0.371. The molecule has 0 spiro atoms. The number of rotatable bonds is 4. The third kappa shape index (κ3) is 4.47. The Kier molecular flexibility index (Phi) is 5.46. The maximum Gasteiger partial charge on any atom is 0.149 e. The van der Waals surface area contributed by atoms with Crippen molar-refractivity contribution in [2.45, 2.75) is 0 Å². The quantitative estimate of drug-likeness (QED) is 0.321. The number of nitrogens with zero attached hydrogens (tertiary/aromatic N) is 1. The van der Waals surface area contributed by atoms with E-state index in [0.717, 1.165) is 28.1 Å². The molecule has 28 heavy (non-hydrogen) atoms. The van der Waals surface area contributed by atoms with Crippen LogP contribution in [0.25, 0.3) is 10.8 Å². The summed E-state index contributed by atoms with van der Waals surface area (Å²) in [6.45, 7) is 0.305. The fourth-order valence-electron chi connectivity index (χ4n) is 2.89. The smallest absolute Gasteiger partial charge is 0.149 e. The van der Waals surface area contributed by atoms with E-state index in [9.17, 15) is 0 Å². The number of ether oxygens (including phenoxy) is 1. The van der Waals surface area contributed by atoms with E-state index < -0.39 is 0 Å². The van der Waals surface area contributed by atoms with E-state index in [-0.39, 0.29) is 0 Å². The minimum Gasteiger partial charge on any atom is -0.481 e. The predicted molar refractivity (Wildman–Crippen MR) is 116 cm³/mol. The van der Waals surface area contributed by atoms with Crippen molar-refractivity contribution in [2.75, 3.05) is 6.61 Å². The van der Waals surface area contributed by atoms with Crippen LogP contribution in [0.2, 0.25) is 0 Å². The average molecular weight is 361 g/mol. The molecule has 134 valence electrons. The van der Waals surface area contributed by atoms with Gasteiger partial charge >= 0.3 is 0 Å². The summed E-state index contributed by atoms with van der Waals surface area (Å²) in [4.78, 5) is 4.70. The molecule has 0 bridgehead atoms. The first kappa shape index (κ1) is 17.6. The molecule has 0 saturated carbocycles. The Labute approximate surface area is 165 Å². The molecule has 0 radical (unpaired) electrons. The monoisotopic (exact) mass is 361 g/mol. The predicted octanol–water partition coefficient (Wildman–Crippen LogP) is 6.04. The van der Waals surface area contributed by atoms with Crippen LogP contribution < -0.4 is 4.74 Å². The molecule has 0 saturated heterocycles. The molecule has 0 aliphatic rings. The molecule has 0 aliphatic carbocycles. The zero-order chi connectivity index (χ0) is 19.0. The second-order valence-electron chi connectivity index (χ2n) is 6.26. The van der Waals surface area contributed by atoms with Crippen molar-refractivity contribution in [3.05, 3.63) is 109 Å². The van der Waals surface area contributed by atoms with Gasteiger partial charge in [-0.25, -0.2) is 4.99 Å². The van der Waals surface area contributed by atoms with Crippen molar-refractivity contribution in [3.63, 3.8) is 0 Å². The summed E-state index contributed by atoms with van der Waals surface area (Å²) >= 11 is 0. The van der Waals surface area contributed by atoms with Gasteiger partial charge in [0.2, 0.25) is 0 Å². The first-order chi connectivity index (χ1) is 13.9.